The summed E-state index contributed by atoms with van der Waals surface area (Å²) in [5.74, 6) is 0.818. The molecule has 0 aliphatic carbocycles. The zero-order valence-corrected chi connectivity index (χ0v) is 17.0. The molecular weight excluding hydrogens is 356 g/mol. The molecule has 1 atom stereocenters. The van der Waals surface area contributed by atoms with Crippen molar-refractivity contribution in [1.29, 1.82) is 0 Å². The van der Waals surface area contributed by atoms with Gasteiger partial charge in [-0.3, -0.25) is 9.59 Å². The van der Waals surface area contributed by atoms with Gasteiger partial charge < -0.3 is 20.1 Å². The van der Waals surface area contributed by atoms with E-state index in [0.29, 0.717) is 29.2 Å². The summed E-state index contributed by atoms with van der Waals surface area (Å²) in [5, 5.41) is 5.72. The van der Waals surface area contributed by atoms with Gasteiger partial charge in [0.2, 0.25) is 5.91 Å². The van der Waals surface area contributed by atoms with Crippen LogP contribution < -0.4 is 20.1 Å². The molecule has 2 N–H and O–H groups in total. The Hall–Kier alpha value is -3.02. The molecule has 2 rings (SSSR count). The number of hydrogen-bond donors (Lipinski definition) is 2. The number of anilines is 1. The molecule has 2 amide bonds. The van der Waals surface area contributed by atoms with Crippen LogP contribution in [0.25, 0.3) is 0 Å². The Labute approximate surface area is 166 Å². The highest BCUT2D eigenvalue weighted by molar-refractivity contribution is 6.01. The van der Waals surface area contributed by atoms with Crippen molar-refractivity contribution < 1.29 is 19.1 Å². The molecule has 2 aromatic carbocycles. The van der Waals surface area contributed by atoms with Crippen LogP contribution in [0, 0.1) is 12.8 Å². The summed E-state index contributed by atoms with van der Waals surface area (Å²) in [5.41, 5.74) is 1.97. The SMILES string of the molecule is COc1cc(NC(=O)C(CC(C)C)NC(=O)c2ccccc2C)cc(OC)c1. The Morgan fingerprint density at radius 1 is 1.00 bits per heavy atom. The highest BCUT2D eigenvalue weighted by Crippen LogP contribution is 2.26. The standard InChI is InChI=1S/C22H28N2O4/c1-14(2)10-20(24-21(25)19-9-7-6-8-15(19)3)22(26)23-16-11-17(27-4)13-18(12-16)28-5/h6-9,11-14,20H,10H2,1-5H3,(H,23,26)(H,24,25). The predicted octanol–water partition coefficient (Wildman–Crippen LogP) is 3.80. The van der Waals surface area contributed by atoms with E-state index in [1.165, 1.54) is 0 Å². The van der Waals surface area contributed by atoms with E-state index in [1.807, 2.05) is 39.0 Å². The molecule has 0 aliphatic heterocycles. The molecule has 0 saturated heterocycles. The van der Waals surface area contributed by atoms with Crippen molar-refractivity contribution in [1.82, 2.24) is 5.32 Å². The first-order chi connectivity index (χ1) is 13.3. The number of aryl methyl sites for hydroxylation is 1. The van der Waals surface area contributed by atoms with E-state index in [-0.39, 0.29) is 17.7 Å². The largest absolute Gasteiger partial charge is 0.497 e. The minimum Gasteiger partial charge on any atom is -0.497 e. The van der Waals surface area contributed by atoms with Crippen LogP contribution in [-0.4, -0.2) is 32.1 Å². The van der Waals surface area contributed by atoms with E-state index < -0.39 is 6.04 Å². The van der Waals surface area contributed by atoms with Crippen LogP contribution in [0.2, 0.25) is 0 Å². The Morgan fingerprint density at radius 2 is 1.61 bits per heavy atom. The fourth-order valence-corrected chi connectivity index (χ4v) is 2.88. The zero-order chi connectivity index (χ0) is 20.7. The van der Waals surface area contributed by atoms with Gasteiger partial charge in [0, 0.05) is 29.4 Å². The molecule has 0 bridgehead atoms. The molecule has 0 aliphatic rings. The predicted molar refractivity (Wildman–Crippen MR) is 110 cm³/mol. The van der Waals surface area contributed by atoms with Crippen LogP contribution in [0.5, 0.6) is 11.5 Å². The minimum absolute atomic E-state index is 0.229. The van der Waals surface area contributed by atoms with Crippen molar-refractivity contribution in [3.63, 3.8) is 0 Å². The average molecular weight is 384 g/mol. The summed E-state index contributed by atoms with van der Waals surface area (Å²) in [6.45, 7) is 5.89. The molecule has 0 radical (unpaired) electrons. The van der Waals surface area contributed by atoms with Gasteiger partial charge in [-0.15, -0.1) is 0 Å². The lowest BCUT2D eigenvalue weighted by Gasteiger charge is -2.21. The highest BCUT2D eigenvalue weighted by atomic mass is 16.5. The van der Waals surface area contributed by atoms with Crippen LogP contribution in [0.4, 0.5) is 5.69 Å². The molecule has 150 valence electrons. The molecule has 0 heterocycles. The number of amides is 2. The van der Waals surface area contributed by atoms with E-state index in [9.17, 15) is 9.59 Å². The summed E-state index contributed by atoms with van der Waals surface area (Å²) in [7, 11) is 3.09. The van der Waals surface area contributed by atoms with Gasteiger partial charge in [-0.05, 0) is 30.9 Å². The smallest absolute Gasteiger partial charge is 0.252 e. The molecule has 0 saturated carbocycles. The van der Waals surface area contributed by atoms with Crippen LogP contribution in [-0.2, 0) is 4.79 Å². The number of ether oxygens (including phenoxy) is 2. The quantitative estimate of drug-likeness (QED) is 0.726. The molecule has 6 nitrogen and oxygen atoms in total. The van der Waals surface area contributed by atoms with Gasteiger partial charge in [0.1, 0.15) is 17.5 Å². The first-order valence-electron chi connectivity index (χ1n) is 9.24. The van der Waals surface area contributed by atoms with Gasteiger partial charge in [0.15, 0.2) is 0 Å². The number of carbonyl (C=O) groups excluding carboxylic acids is 2. The number of rotatable bonds is 8. The Balaban J connectivity index is 2.19. The monoisotopic (exact) mass is 384 g/mol. The Morgan fingerprint density at radius 3 is 2.14 bits per heavy atom. The third-order valence-electron chi connectivity index (χ3n) is 4.34. The lowest BCUT2D eigenvalue weighted by atomic mass is 10.0. The molecular formula is C22H28N2O4. The van der Waals surface area contributed by atoms with Gasteiger partial charge in [0.05, 0.1) is 14.2 Å². The number of nitrogens with one attached hydrogen (secondary N) is 2. The lowest BCUT2D eigenvalue weighted by molar-refractivity contribution is -0.118. The van der Waals surface area contributed by atoms with Gasteiger partial charge in [-0.25, -0.2) is 0 Å². The van der Waals surface area contributed by atoms with E-state index in [0.717, 1.165) is 5.56 Å². The van der Waals surface area contributed by atoms with E-state index in [1.54, 1.807) is 38.5 Å². The lowest BCUT2D eigenvalue weighted by Crippen LogP contribution is -2.44. The zero-order valence-electron chi connectivity index (χ0n) is 17.0. The second kappa shape index (κ2) is 9.78. The van der Waals surface area contributed by atoms with Crippen LogP contribution >= 0.6 is 0 Å². The summed E-state index contributed by atoms with van der Waals surface area (Å²) in [6, 6.07) is 11.8. The fraction of sp³-hybridized carbons (Fsp3) is 0.364. The van der Waals surface area contributed by atoms with Gasteiger partial charge in [0.25, 0.3) is 5.91 Å². The Kier molecular flexibility index (Phi) is 7.44. The van der Waals surface area contributed by atoms with Crippen molar-refractivity contribution in [2.24, 2.45) is 5.92 Å². The van der Waals surface area contributed by atoms with Gasteiger partial charge >= 0.3 is 0 Å². The fourth-order valence-electron chi connectivity index (χ4n) is 2.88. The van der Waals surface area contributed by atoms with E-state index in [4.69, 9.17) is 9.47 Å². The maximum Gasteiger partial charge on any atom is 0.252 e. The van der Waals surface area contributed by atoms with Crippen molar-refractivity contribution in [3.8, 4) is 11.5 Å². The third-order valence-corrected chi connectivity index (χ3v) is 4.34. The molecule has 2 aromatic rings. The van der Waals surface area contributed by atoms with Crippen molar-refractivity contribution >= 4 is 17.5 Å². The second-order valence-corrected chi connectivity index (χ2v) is 7.06. The van der Waals surface area contributed by atoms with E-state index in [2.05, 4.69) is 10.6 Å². The maximum atomic E-state index is 12.9. The summed E-state index contributed by atoms with van der Waals surface area (Å²) < 4.78 is 10.5. The number of benzene rings is 2. The number of methoxy groups -OCH3 is 2. The normalized spacial score (nSPS) is 11.6. The molecule has 0 fully saturated rings. The summed E-state index contributed by atoms with van der Waals surface area (Å²) in [4.78, 5) is 25.6. The van der Waals surface area contributed by atoms with Crippen LogP contribution in [0.1, 0.15) is 36.2 Å². The van der Waals surface area contributed by atoms with Crippen LogP contribution in [0.15, 0.2) is 42.5 Å². The topological polar surface area (TPSA) is 76.7 Å². The first kappa shape index (κ1) is 21.3. The molecule has 0 spiro atoms. The van der Waals surface area contributed by atoms with Crippen LogP contribution in [0.3, 0.4) is 0 Å². The van der Waals surface area contributed by atoms with Crippen molar-refractivity contribution in [2.45, 2.75) is 33.2 Å². The average Bonchev–Trinajstić information content (AvgIpc) is 2.66. The van der Waals surface area contributed by atoms with Gasteiger partial charge in [-0.1, -0.05) is 32.0 Å². The number of hydrogen-bond acceptors (Lipinski definition) is 4. The van der Waals surface area contributed by atoms with Crippen molar-refractivity contribution in [2.75, 3.05) is 19.5 Å². The maximum absolute atomic E-state index is 12.9. The molecule has 6 heteroatoms. The molecule has 0 aromatic heterocycles. The highest BCUT2D eigenvalue weighted by Gasteiger charge is 2.23. The Bertz CT molecular complexity index is 811. The molecule has 28 heavy (non-hydrogen) atoms. The third kappa shape index (κ3) is 5.74. The number of carbonyl (C=O) groups is 2. The van der Waals surface area contributed by atoms with E-state index >= 15 is 0 Å². The second-order valence-electron chi connectivity index (χ2n) is 7.06. The summed E-state index contributed by atoms with van der Waals surface area (Å²) in [6.07, 6.45) is 0.518. The van der Waals surface area contributed by atoms with Crippen molar-refractivity contribution in [3.05, 3.63) is 53.6 Å². The summed E-state index contributed by atoms with van der Waals surface area (Å²) >= 11 is 0. The minimum atomic E-state index is -0.663. The molecule has 1 unspecified atom stereocenters. The first-order valence-corrected chi connectivity index (χ1v) is 9.24. The van der Waals surface area contributed by atoms with Gasteiger partial charge in [-0.2, -0.15) is 0 Å².